The molecular formula is C16H17NO2. The SMILES string of the molecule is Cc1ccccc1NC(C)c1ccc2c(c1)OCO2. The van der Waals surface area contributed by atoms with Gasteiger partial charge in [0.1, 0.15) is 0 Å². The Morgan fingerprint density at radius 3 is 2.68 bits per heavy atom. The maximum atomic E-state index is 5.41. The lowest BCUT2D eigenvalue weighted by Crippen LogP contribution is -2.07. The zero-order valence-electron chi connectivity index (χ0n) is 11.1. The number of aryl methyl sites for hydroxylation is 1. The number of rotatable bonds is 3. The summed E-state index contributed by atoms with van der Waals surface area (Å²) >= 11 is 0. The first kappa shape index (κ1) is 11.9. The van der Waals surface area contributed by atoms with Crippen molar-refractivity contribution in [2.75, 3.05) is 12.1 Å². The molecule has 98 valence electrons. The van der Waals surface area contributed by atoms with Gasteiger partial charge in [-0.25, -0.2) is 0 Å². The summed E-state index contributed by atoms with van der Waals surface area (Å²) < 4.78 is 10.7. The van der Waals surface area contributed by atoms with E-state index in [1.54, 1.807) is 0 Å². The summed E-state index contributed by atoms with van der Waals surface area (Å²) in [5.74, 6) is 1.66. The maximum absolute atomic E-state index is 5.41. The highest BCUT2D eigenvalue weighted by molar-refractivity contribution is 5.53. The van der Waals surface area contributed by atoms with Crippen LogP contribution in [0.15, 0.2) is 42.5 Å². The van der Waals surface area contributed by atoms with Gasteiger partial charge in [-0.2, -0.15) is 0 Å². The van der Waals surface area contributed by atoms with Crippen molar-refractivity contribution in [1.82, 2.24) is 0 Å². The van der Waals surface area contributed by atoms with Crippen LogP contribution in [0.5, 0.6) is 11.5 Å². The molecule has 19 heavy (non-hydrogen) atoms. The van der Waals surface area contributed by atoms with Crippen molar-refractivity contribution < 1.29 is 9.47 Å². The van der Waals surface area contributed by atoms with Gasteiger partial charge in [0.15, 0.2) is 11.5 Å². The first-order chi connectivity index (χ1) is 9.24. The number of nitrogens with one attached hydrogen (secondary N) is 1. The molecule has 0 aliphatic carbocycles. The first-order valence-electron chi connectivity index (χ1n) is 6.46. The van der Waals surface area contributed by atoms with Crippen LogP contribution in [0.3, 0.4) is 0 Å². The van der Waals surface area contributed by atoms with Gasteiger partial charge in [0.25, 0.3) is 0 Å². The Bertz CT molecular complexity index is 595. The second-order valence-corrected chi connectivity index (χ2v) is 4.79. The molecular weight excluding hydrogens is 238 g/mol. The monoisotopic (exact) mass is 255 g/mol. The van der Waals surface area contributed by atoms with E-state index in [9.17, 15) is 0 Å². The van der Waals surface area contributed by atoms with E-state index in [-0.39, 0.29) is 6.04 Å². The zero-order valence-corrected chi connectivity index (χ0v) is 11.1. The Morgan fingerprint density at radius 1 is 1.05 bits per heavy atom. The van der Waals surface area contributed by atoms with Crippen molar-refractivity contribution in [3.05, 3.63) is 53.6 Å². The Labute approximate surface area is 113 Å². The van der Waals surface area contributed by atoms with Gasteiger partial charge in [0, 0.05) is 11.7 Å². The fourth-order valence-electron chi connectivity index (χ4n) is 2.23. The van der Waals surface area contributed by atoms with E-state index >= 15 is 0 Å². The molecule has 1 heterocycles. The highest BCUT2D eigenvalue weighted by Crippen LogP contribution is 2.34. The molecule has 3 heteroatoms. The van der Waals surface area contributed by atoms with Crippen molar-refractivity contribution in [2.45, 2.75) is 19.9 Å². The number of benzene rings is 2. The van der Waals surface area contributed by atoms with Gasteiger partial charge < -0.3 is 14.8 Å². The minimum Gasteiger partial charge on any atom is -0.454 e. The highest BCUT2D eigenvalue weighted by Gasteiger charge is 2.15. The lowest BCUT2D eigenvalue weighted by molar-refractivity contribution is 0.174. The second kappa shape index (κ2) is 4.84. The van der Waals surface area contributed by atoms with Crippen LogP contribution in [0.25, 0.3) is 0 Å². The third kappa shape index (κ3) is 2.36. The van der Waals surface area contributed by atoms with E-state index in [0.717, 1.165) is 17.2 Å². The smallest absolute Gasteiger partial charge is 0.231 e. The summed E-state index contributed by atoms with van der Waals surface area (Å²) in [5, 5.41) is 3.52. The van der Waals surface area contributed by atoms with Crippen molar-refractivity contribution in [3.8, 4) is 11.5 Å². The molecule has 0 saturated carbocycles. The van der Waals surface area contributed by atoms with Gasteiger partial charge in [-0.15, -0.1) is 0 Å². The summed E-state index contributed by atoms with van der Waals surface area (Å²) in [7, 11) is 0. The molecule has 3 rings (SSSR count). The summed E-state index contributed by atoms with van der Waals surface area (Å²) in [6.07, 6.45) is 0. The summed E-state index contributed by atoms with van der Waals surface area (Å²) in [4.78, 5) is 0. The van der Waals surface area contributed by atoms with E-state index in [1.165, 1.54) is 11.1 Å². The molecule has 0 spiro atoms. The number of hydrogen-bond donors (Lipinski definition) is 1. The number of anilines is 1. The van der Waals surface area contributed by atoms with Crippen LogP contribution in [0, 0.1) is 6.92 Å². The largest absolute Gasteiger partial charge is 0.454 e. The zero-order chi connectivity index (χ0) is 13.2. The molecule has 0 radical (unpaired) electrons. The van der Waals surface area contributed by atoms with Gasteiger partial charge in [-0.3, -0.25) is 0 Å². The van der Waals surface area contributed by atoms with E-state index in [4.69, 9.17) is 9.47 Å². The molecule has 1 atom stereocenters. The number of hydrogen-bond acceptors (Lipinski definition) is 3. The van der Waals surface area contributed by atoms with Gasteiger partial charge in [-0.1, -0.05) is 24.3 Å². The van der Waals surface area contributed by atoms with Crippen LogP contribution >= 0.6 is 0 Å². The quantitative estimate of drug-likeness (QED) is 0.902. The maximum Gasteiger partial charge on any atom is 0.231 e. The summed E-state index contributed by atoms with van der Waals surface area (Å²) in [6.45, 7) is 4.57. The van der Waals surface area contributed by atoms with E-state index < -0.39 is 0 Å². The average Bonchev–Trinajstić information content (AvgIpc) is 2.88. The molecule has 1 N–H and O–H groups in total. The molecule has 3 nitrogen and oxygen atoms in total. The Balaban J connectivity index is 1.81. The first-order valence-corrected chi connectivity index (χ1v) is 6.46. The third-order valence-electron chi connectivity index (χ3n) is 3.41. The predicted molar refractivity (Wildman–Crippen MR) is 75.8 cm³/mol. The van der Waals surface area contributed by atoms with Crippen molar-refractivity contribution in [3.63, 3.8) is 0 Å². The van der Waals surface area contributed by atoms with E-state index in [2.05, 4.69) is 37.4 Å². The van der Waals surface area contributed by atoms with Crippen molar-refractivity contribution >= 4 is 5.69 Å². The molecule has 0 fully saturated rings. The van der Waals surface area contributed by atoms with Gasteiger partial charge >= 0.3 is 0 Å². The number of para-hydroxylation sites is 1. The van der Waals surface area contributed by atoms with Gasteiger partial charge in [0.05, 0.1) is 0 Å². The van der Waals surface area contributed by atoms with Crippen LogP contribution in [0.4, 0.5) is 5.69 Å². The van der Waals surface area contributed by atoms with Gasteiger partial charge in [0.2, 0.25) is 6.79 Å². The van der Waals surface area contributed by atoms with Crippen LogP contribution in [-0.2, 0) is 0 Å². The lowest BCUT2D eigenvalue weighted by atomic mass is 10.1. The van der Waals surface area contributed by atoms with Crippen LogP contribution in [-0.4, -0.2) is 6.79 Å². The topological polar surface area (TPSA) is 30.5 Å². The molecule has 1 aliphatic rings. The standard InChI is InChI=1S/C16H17NO2/c1-11-5-3-4-6-14(11)17-12(2)13-7-8-15-16(9-13)19-10-18-15/h3-9,12,17H,10H2,1-2H3. The molecule has 2 aromatic rings. The van der Waals surface area contributed by atoms with Crippen LogP contribution in [0.2, 0.25) is 0 Å². The molecule has 0 aromatic heterocycles. The minimum atomic E-state index is 0.218. The molecule has 2 aromatic carbocycles. The Hall–Kier alpha value is -2.16. The van der Waals surface area contributed by atoms with Crippen LogP contribution < -0.4 is 14.8 Å². The lowest BCUT2D eigenvalue weighted by Gasteiger charge is -2.17. The normalized spacial score (nSPS) is 14.2. The van der Waals surface area contributed by atoms with E-state index in [0.29, 0.717) is 6.79 Å². The Morgan fingerprint density at radius 2 is 1.84 bits per heavy atom. The van der Waals surface area contributed by atoms with Crippen LogP contribution in [0.1, 0.15) is 24.1 Å². The average molecular weight is 255 g/mol. The molecule has 0 amide bonds. The van der Waals surface area contributed by atoms with Gasteiger partial charge in [-0.05, 0) is 43.2 Å². The number of ether oxygens (including phenoxy) is 2. The summed E-state index contributed by atoms with van der Waals surface area (Å²) in [5.41, 5.74) is 3.59. The highest BCUT2D eigenvalue weighted by atomic mass is 16.7. The Kier molecular flexibility index (Phi) is 3.03. The van der Waals surface area contributed by atoms with Crippen molar-refractivity contribution in [1.29, 1.82) is 0 Å². The predicted octanol–water partition coefficient (Wildman–Crippen LogP) is 3.90. The van der Waals surface area contributed by atoms with E-state index in [1.807, 2.05) is 24.3 Å². The fraction of sp³-hybridized carbons (Fsp3) is 0.250. The second-order valence-electron chi connectivity index (χ2n) is 4.79. The molecule has 0 bridgehead atoms. The molecule has 1 aliphatic heterocycles. The van der Waals surface area contributed by atoms with Crippen molar-refractivity contribution in [2.24, 2.45) is 0 Å². The fourth-order valence-corrected chi connectivity index (χ4v) is 2.23. The summed E-state index contributed by atoms with van der Waals surface area (Å²) in [6, 6.07) is 14.6. The minimum absolute atomic E-state index is 0.218. The molecule has 1 unspecified atom stereocenters. The third-order valence-corrected chi connectivity index (χ3v) is 3.41. The molecule has 0 saturated heterocycles. The number of fused-ring (bicyclic) bond motifs is 1.